The van der Waals surface area contributed by atoms with Crippen molar-refractivity contribution >= 4 is 29.5 Å². The second-order valence-corrected chi connectivity index (χ2v) is 11.3. The van der Waals surface area contributed by atoms with E-state index in [2.05, 4.69) is 37.6 Å². The first-order valence-electron chi connectivity index (χ1n) is 13.0. The third-order valence-corrected chi connectivity index (χ3v) is 7.13. The smallest absolute Gasteiger partial charge is 0.297 e. The standard InChI is InChI=1S/C28H37N5O4S/c1-20(2)19-22(25-31-32-27(37-25)38-18-17-33(3)4)24(35)29-26(36)28(15-9-6-10-16-28)30-23(34)14-13-21-11-7-5-8-12-21/h5,7-8,11-12,20,22H,6,9-10,15-19H2,1-4H3,(H,30,34)(H,29,35,36). The van der Waals surface area contributed by atoms with Crippen LogP contribution in [0, 0.1) is 17.8 Å². The molecule has 3 amide bonds. The molecule has 204 valence electrons. The van der Waals surface area contributed by atoms with Crippen molar-refractivity contribution in [1.29, 1.82) is 0 Å². The topological polar surface area (TPSA) is 117 Å². The number of hydrogen-bond donors (Lipinski definition) is 2. The van der Waals surface area contributed by atoms with Crippen LogP contribution in [-0.2, 0) is 14.4 Å². The number of carbonyl (C=O) groups excluding carboxylic acids is 3. The third-order valence-electron chi connectivity index (χ3n) is 6.33. The number of thioether (sulfide) groups is 1. The van der Waals surface area contributed by atoms with Crippen molar-refractivity contribution in [2.45, 2.75) is 69.1 Å². The molecule has 2 aromatic rings. The molecule has 1 unspecified atom stereocenters. The SMILES string of the molecule is CC(C)CC(C(=O)NC(=O)C1(NC(=O)C#Cc2ccccc2)CCCCC1)c1nnc(SCCN(C)C)o1. The summed E-state index contributed by atoms with van der Waals surface area (Å²) in [5, 5.41) is 14.0. The van der Waals surface area contributed by atoms with E-state index in [1.165, 1.54) is 11.8 Å². The monoisotopic (exact) mass is 539 g/mol. The molecule has 1 atom stereocenters. The van der Waals surface area contributed by atoms with Crippen molar-refractivity contribution in [2.75, 3.05) is 26.4 Å². The van der Waals surface area contributed by atoms with Gasteiger partial charge in [-0.25, -0.2) is 0 Å². The van der Waals surface area contributed by atoms with Gasteiger partial charge in [-0.05, 0) is 51.4 Å². The lowest BCUT2D eigenvalue weighted by atomic mass is 9.80. The van der Waals surface area contributed by atoms with E-state index >= 15 is 0 Å². The Morgan fingerprint density at radius 1 is 1.11 bits per heavy atom. The molecule has 0 bridgehead atoms. The minimum Gasteiger partial charge on any atom is -0.415 e. The van der Waals surface area contributed by atoms with Gasteiger partial charge in [0.15, 0.2) is 0 Å². The highest BCUT2D eigenvalue weighted by molar-refractivity contribution is 7.99. The Labute approximate surface area is 228 Å². The molecule has 2 N–H and O–H groups in total. The van der Waals surface area contributed by atoms with Crippen LogP contribution in [0.25, 0.3) is 0 Å². The second-order valence-electron chi connectivity index (χ2n) is 10.3. The van der Waals surface area contributed by atoms with Crippen LogP contribution in [0.15, 0.2) is 40.0 Å². The molecule has 9 nitrogen and oxygen atoms in total. The van der Waals surface area contributed by atoms with E-state index in [-0.39, 0.29) is 11.8 Å². The van der Waals surface area contributed by atoms with Gasteiger partial charge < -0.3 is 14.6 Å². The first kappa shape index (κ1) is 29.4. The Hall–Kier alpha value is -3.16. The number of nitrogens with one attached hydrogen (secondary N) is 2. The molecule has 3 rings (SSSR count). The Kier molecular flexibility index (Phi) is 10.9. The summed E-state index contributed by atoms with van der Waals surface area (Å²) in [7, 11) is 3.97. The maximum absolute atomic E-state index is 13.5. The number of aromatic nitrogens is 2. The molecule has 0 saturated heterocycles. The van der Waals surface area contributed by atoms with E-state index in [4.69, 9.17) is 4.42 Å². The van der Waals surface area contributed by atoms with Gasteiger partial charge in [0.25, 0.3) is 17.0 Å². The maximum atomic E-state index is 13.5. The summed E-state index contributed by atoms with van der Waals surface area (Å²) >= 11 is 1.42. The summed E-state index contributed by atoms with van der Waals surface area (Å²) < 4.78 is 5.80. The molecule has 1 aliphatic carbocycles. The van der Waals surface area contributed by atoms with Crippen molar-refractivity contribution in [3.8, 4) is 11.8 Å². The van der Waals surface area contributed by atoms with Gasteiger partial charge in [0.2, 0.25) is 11.8 Å². The first-order valence-corrected chi connectivity index (χ1v) is 14.0. The van der Waals surface area contributed by atoms with E-state index in [0.29, 0.717) is 30.0 Å². The van der Waals surface area contributed by atoms with Crippen LogP contribution in [-0.4, -0.2) is 64.8 Å². The number of rotatable bonds is 10. The fraction of sp³-hybridized carbons (Fsp3) is 0.536. The van der Waals surface area contributed by atoms with Gasteiger partial charge in [0, 0.05) is 23.8 Å². The fourth-order valence-corrected chi connectivity index (χ4v) is 5.18. The lowest BCUT2D eigenvalue weighted by Gasteiger charge is -2.36. The molecular weight excluding hydrogens is 502 g/mol. The van der Waals surface area contributed by atoms with Crippen LogP contribution in [0.1, 0.15) is 69.7 Å². The van der Waals surface area contributed by atoms with Gasteiger partial charge in [-0.15, -0.1) is 10.2 Å². The highest BCUT2D eigenvalue weighted by atomic mass is 32.2. The molecule has 0 radical (unpaired) electrons. The van der Waals surface area contributed by atoms with Gasteiger partial charge in [-0.3, -0.25) is 19.7 Å². The minimum absolute atomic E-state index is 0.147. The quantitative estimate of drug-likeness (QED) is 0.349. The van der Waals surface area contributed by atoms with Crippen LogP contribution >= 0.6 is 11.8 Å². The Bertz CT molecular complexity index is 1150. The zero-order valence-corrected chi connectivity index (χ0v) is 23.4. The molecule has 10 heteroatoms. The fourth-order valence-electron chi connectivity index (χ4n) is 4.31. The zero-order chi connectivity index (χ0) is 27.5. The largest absolute Gasteiger partial charge is 0.415 e. The van der Waals surface area contributed by atoms with Gasteiger partial charge in [0.1, 0.15) is 11.5 Å². The molecule has 1 fully saturated rings. The van der Waals surface area contributed by atoms with Crippen LogP contribution < -0.4 is 10.6 Å². The Balaban J connectivity index is 1.72. The normalized spacial score (nSPS) is 15.4. The summed E-state index contributed by atoms with van der Waals surface area (Å²) in [4.78, 5) is 41.6. The molecule has 0 aliphatic heterocycles. The molecular formula is C28H37N5O4S. The van der Waals surface area contributed by atoms with Crippen LogP contribution in [0.2, 0.25) is 0 Å². The van der Waals surface area contributed by atoms with Crippen LogP contribution in [0.4, 0.5) is 0 Å². The molecule has 1 aromatic heterocycles. The lowest BCUT2D eigenvalue weighted by Crippen LogP contribution is -2.60. The van der Waals surface area contributed by atoms with Gasteiger partial charge in [-0.2, -0.15) is 0 Å². The van der Waals surface area contributed by atoms with Gasteiger partial charge >= 0.3 is 0 Å². The van der Waals surface area contributed by atoms with Crippen molar-refractivity contribution < 1.29 is 18.8 Å². The van der Waals surface area contributed by atoms with Crippen molar-refractivity contribution in [1.82, 2.24) is 25.7 Å². The number of benzene rings is 1. The number of amides is 3. The minimum atomic E-state index is -1.19. The molecule has 0 spiro atoms. The van der Waals surface area contributed by atoms with Gasteiger partial charge in [-0.1, -0.05) is 69.0 Å². The average Bonchev–Trinajstić information content (AvgIpc) is 3.35. The summed E-state index contributed by atoms with van der Waals surface area (Å²) in [6.07, 6.45) is 3.80. The van der Waals surface area contributed by atoms with Crippen molar-refractivity contribution in [3.05, 3.63) is 41.8 Å². The third kappa shape index (κ3) is 8.71. The van der Waals surface area contributed by atoms with E-state index < -0.39 is 29.2 Å². The zero-order valence-electron chi connectivity index (χ0n) is 22.6. The predicted octanol–water partition coefficient (Wildman–Crippen LogP) is 3.37. The second kappa shape index (κ2) is 14.1. The van der Waals surface area contributed by atoms with E-state index in [1.807, 2.05) is 46.1 Å². The van der Waals surface area contributed by atoms with E-state index in [9.17, 15) is 14.4 Å². The highest BCUT2D eigenvalue weighted by Crippen LogP contribution is 2.30. The highest BCUT2D eigenvalue weighted by Gasteiger charge is 2.42. The van der Waals surface area contributed by atoms with Crippen LogP contribution in [0.5, 0.6) is 0 Å². The number of nitrogens with zero attached hydrogens (tertiary/aromatic N) is 3. The van der Waals surface area contributed by atoms with E-state index in [1.54, 1.807) is 12.1 Å². The summed E-state index contributed by atoms with van der Waals surface area (Å²) in [6, 6.07) is 9.16. The van der Waals surface area contributed by atoms with Gasteiger partial charge in [0.05, 0.1) is 0 Å². The van der Waals surface area contributed by atoms with Crippen LogP contribution in [0.3, 0.4) is 0 Å². The molecule has 1 heterocycles. The molecule has 38 heavy (non-hydrogen) atoms. The number of imide groups is 1. The Morgan fingerprint density at radius 3 is 2.47 bits per heavy atom. The maximum Gasteiger partial charge on any atom is 0.297 e. The van der Waals surface area contributed by atoms with E-state index in [0.717, 1.165) is 31.6 Å². The Morgan fingerprint density at radius 2 is 1.82 bits per heavy atom. The molecule has 1 aliphatic rings. The average molecular weight is 540 g/mol. The lowest BCUT2D eigenvalue weighted by molar-refractivity contribution is -0.139. The van der Waals surface area contributed by atoms with Crippen molar-refractivity contribution in [3.63, 3.8) is 0 Å². The number of hydrogen-bond acceptors (Lipinski definition) is 8. The molecule has 1 aromatic carbocycles. The number of carbonyl (C=O) groups is 3. The first-order chi connectivity index (χ1) is 18.2. The summed E-state index contributed by atoms with van der Waals surface area (Å²) in [5.41, 5.74) is -0.490. The van der Waals surface area contributed by atoms with Crippen molar-refractivity contribution in [2.24, 2.45) is 5.92 Å². The predicted molar refractivity (Wildman–Crippen MR) is 146 cm³/mol. The summed E-state index contributed by atoms with van der Waals surface area (Å²) in [6.45, 7) is 4.81. The summed E-state index contributed by atoms with van der Waals surface area (Å²) in [5.74, 6) is 4.15. The molecule has 1 saturated carbocycles.